The molecule has 1 rings (SSSR count). The number of hydrogen-bond acceptors (Lipinski definition) is 2. The topological polar surface area (TPSA) is 38.9 Å². The number of nitrogens with zero attached hydrogens (tertiary/aromatic N) is 1. The molecule has 0 radical (unpaired) electrons. The summed E-state index contributed by atoms with van der Waals surface area (Å²) in [6, 6.07) is 3.09. The minimum Gasteiger partial charge on any atom is -0.384 e. The number of halogens is 1. The zero-order valence-corrected chi connectivity index (χ0v) is 4.76. The van der Waals surface area contributed by atoms with Crippen molar-refractivity contribution in [3.63, 3.8) is 0 Å². The van der Waals surface area contributed by atoms with Gasteiger partial charge in [-0.25, -0.2) is 4.98 Å². The number of pyridine rings is 1. The van der Waals surface area contributed by atoms with Gasteiger partial charge in [0.15, 0.2) is 2.82 Å². The smallest absolute Gasteiger partial charge is 0.158 e. The Morgan fingerprint density at radius 3 is 3.12 bits per heavy atom. The number of anilines is 1. The fraction of sp³-hybridized carbons (Fsp3) is 0. The highest BCUT2D eigenvalue weighted by Gasteiger charge is 1.83. The summed E-state index contributed by atoms with van der Waals surface area (Å²) in [7, 11) is 0. The Kier molecular flexibility index (Phi) is 0.828. The molecule has 8 heavy (non-hydrogen) atoms. The monoisotopic (exact) mass is 130 g/mol. The van der Waals surface area contributed by atoms with E-state index in [1.807, 2.05) is 0 Å². The molecule has 0 fully saturated rings. The molecule has 2 nitrogen and oxygen atoms in total. The van der Waals surface area contributed by atoms with Gasteiger partial charge in [0.05, 0.1) is 5.02 Å². The number of nitrogen functional groups attached to an aromatic ring is 1. The van der Waals surface area contributed by atoms with E-state index in [1.165, 1.54) is 12.3 Å². The maximum atomic E-state index is 6.78. The molecule has 1 aromatic rings. The summed E-state index contributed by atoms with van der Waals surface area (Å²) >= 11 is 5.51. The number of hydrogen-bond donors (Lipinski definition) is 1. The Bertz CT molecular complexity index is 211. The van der Waals surface area contributed by atoms with Crippen LogP contribution in [0.3, 0.4) is 0 Å². The second-order valence-electron chi connectivity index (χ2n) is 1.33. The molecule has 0 aliphatic heterocycles. The van der Waals surface area contributed by atoms with Crippen LogP contribution in [0.1, 0.15) is 0 Å². The van der Waals surface area contributed by atoms with Gasteiger partial charge in [-0.15, -0.1) is 0 Å². The van der Waals surface area contributed by atoms with E-state index in [0.29, 0.717) is 10.7 Å². The molecule has 0 bridgehead atoms. The molecule has 0 aliphatic carbocycles. The SMILES string of the molecule is [2H]N([2H])c1ccc(Cl)cn1. The van der Waals surface area contributed by atoms with Gasteiger partial charge in [-0.3, -0.25) is 0 Å². The van der Waals surface area contributed by atoms with Gasteiger partial charge in [-0.2, -0.15) is 0 Å². The number of nitrogens with two attached hydrogens (primary N) is 1. The lowest BCUT2D eigenvalue weighted by atomic mass is 10.5. The molecular formula is C5H5ClN2. The zero-order valence-electron chi connectivity index (χ0n) is 6.00. The molecule has 1 heterocycles. The third-order valence-electron chi connectivity index (χ3n) is 0.712. The summed E-state index contributed by atoms with van der Waals surface area (Å²) in [4.78, 5) is 3.70. The summed E-state index contributed by atoms with van der Waals surface area (Å²) in [5.41, 5.74) is 0.427. The molecule has 2 N–H and O–H groups in total. The van der Waals surface area contributed by atoms with Gasteiger partial charge in [0.2, 0.25) is 0 Å². The van der Waals surface area contributed by atoms with Gasteiger partial charge >= 0.3 is 0 Å². The maximum Gasteiger partial charge on any atom is 0.158 e. The van der Waals surface area contributed by atoms with Gasteiger partial charge in [0.1, 0.15) is 5.82 Å². The fourth-order valence-electron chi connectivity index (χ4n) is 0.368. The van der Waals surface area contributed by atoms with E-state index in [0.717, 1.165) is 0 Å². The zero-order chi connectivity index (χ0) is 7.56. The summed E-state index contributed by atoms with van der Waals surface area (Å²) in [6.07, 6.45) is 1.40. The van der Waals surface area contributed by atoms with Crippen LogP contribution < -0.4 is 5.72 Å². The van der Waals surface area contributed by atoms with Crippen LogP contribution in [0.5, 0.6) is 0 Å². The molecule has 0 saturated heterocycles. The Morgan fingerprint density at radius 2 is 2.62 bits per heavy atom. The lowest BCUT2D eigenvalue weighted by molar-refractivity contribution is 1.34. The molecule has 0 saturated carbocycles. The van der Waals surface area contributed by atoms with E-state index in [4.69, 9.17) is 14.4 Å². The van der Waals surface area contributed by atoms with Gasteiger partial charge < -0.3 is 5.72 Å². The van der Waals surface area contributed by atoms with Gasteiger partial charge in [-0.05, 0) is 12.1 Å². The first-order chi connectivity index (χ1) is 4.70. The summed E-state index contributed by atoms with van der Waals surface area (Å²) < 4.78 is 13.6. The van der Waals surface area contributed by atoms with Crippen LogP contribution in [0.4, 0.5) is 5.82 Å². The van der Waals surface area contributed by atoms with Crippen molar-refractivity contribution in [1.29, 1.82) is 0 Å². The van der Waals surface area contributed by atoms with Crippen molar-refractivity contribution in [2.24, 2.45) is 0 Å². The average molecular weight is 131 g/mol. The minimum absolute atomic E-state index is 0.254. The quantitative estimate of drug-likeness (QED) is 0.623. The molecule has 42 valence electrons. The third-order valence-corrected chi connectivity index (χ3v) is 0.935. The standard InChI is InChI=1S/C5H5ClN2/c6-4-1-2-5(7)8-3-4/h1-3H,(H2,7,8)/i/hD2. The van der Waals surface area contributed by atoms with E-state index in [-0.39, 0.29) is 5.82 Å². The van der Waals surface area contributed by atoms with Gasteiger partial charge in [-0.1, -0.05) is 11.6 Å². The molecule has 0 amide bonds. The van der Waals surface area contributed by atoms with Gasteiger partial charge in [0.25, 0.3) is 0 Å². The molecule has 0 aliphatic rings. The molecule has 0 atom stereocenters. The molecule has 0 spiro atoms. The van der Waals surface area contributed by atoms with Crippen LogP contribution in [-0.4, -0.2) is 4.98 Å². The highest BCUT2D eigenvalue weighted by molar-refractivity contribution is 6.30. The molecule has 1 aromatic heterocycles. The highest BCUT2D eigenvalue weighted by atomic mass is 35.5. The van der Waals surface area contributed by atoms with E-state index in [9.17, 15) is 0 Å². The maximum absolute atomic E-state index is 6.78. The van der Waals surface area contributed by atoms with Crippen LogP contribution in [0.15, 0.2) is 18.3 Å². The normalized spacial score (nSPS) is 12.1. The van der Waals surface area contributed by atoms with Crippen LogP contribution in [0, 0.1) is 0 Å². The summed E-state index contributed by atoms with van der Waals surface area (Å²) in [5, 5.41) is 0.505. The second kappa shape index (κ2) is 2.01. The molecule has 3 heteroatoms. The van der Waals surface area contributed by atoms with Crippen molar-refractivity contribution in [3.8, 4) is 0 Å². The van der Waals surface area contributed by atoms with Crippen molar-refractivity contribution in [2.75, 3.05) is 5.72 Å². The molecule has 0 unspecified atom stereocenters. The van der Waals surface area contributed by atoms with E-state index in [2.05, 4.69) is 4.98 Å². The average Bonchev–Trinajstić information content (AvgIpc) is 1.88. The van der Waals surface area contributed by atoms with E-state index >= 15 is 0 Å². The predicted octanol–water partition coefficient (Wildman–Crippen LogP) is 1.32. The Morgan fingerprint density at radius 1 is 1.75 bits per heavy atom. The number of rotatable bonds is 1. The van der Waals surface area contributed by atoms with Gasteiger partial charge in [0, 0.05) is 6.20 Å². The fourth-order valence-corrected chi connectivity index (χ4v) is 0.480. The van der Waals surface area contributed by atoms with Crippen molar-refractivity contribution in [1.82, 2.24) is 4.98 Å². The second-order valence-corrected chi connectivity index (χ2v) is 1.77. The van der Waals surface area contributed by atoms with Crippen molar-refractivity contribution in [2.45, 2.75) is 0 Å². The molecular weight excluding hydrogens is 124 g/mol. The van der Waals surface area contributed by atoms with Crippen molar-refractivity contribution in [3.05, 3.63) is 23.4 Å². The first-order valence-electron chi connectivity index (χ1n) is 2.99. The largest absolute Gasteiger partial charge is 0.384 e. The summed E-state index contributed by atoms with van der Waals surface area (Å²) in [6.45, 7) is 0. The molecule has 0 aromatic carbocycles. The lowest BCUT2D eigenvalue weighted by Crippen LogP contribution is -1.86. The number of aromatic nitrogens is 1. The third kappa shape index (κ3) is 1.10. The van der Waals surface area contributed by atoms with Crippen LogP contribution in [0.25, 0.3) is 0 Å². The minimum atomic E-state index is 0.254. The summed E-state index contributed by atoms with van der Waals surface area (Å²) in [5.74, 6) is 0.254. The Balaban J connectivity index is 2.89. The predicted molar refractivity (Wildman–Crippen MR) is 33.7 cm³/mol. The van der Waals surface area contributed by atoms with Crippen LogP contribution in [0.2, 0.25) is 7.85 Å². The first kappa shape index (κ1) is 3.30. The van der Waals surface area contributed by atoms with E-state index in [1.54, 1.807) is 6.07 Å². The van der Waals surface area contributed by atoms with Crippen molar-refractivity contribution >= 4 is 17.4 Å². The lowest BCUT2D eigenvalue weighted by Gasteiger charge is -1.87. The first-order valence-corrected chi connectivity index (χ1v) is 2.47. The Hall–Kier alpha value is -0.760. The van der Waals surface area contributed by atoms with Crippen LogP contribution in [-0.2, 0) is 0 Å². The Labute approximate surface area is 55.2 Å². The van der Waals surface area contributed by atoms with E-state index < -0.39 is 0 Å². The van der Waals surface area contributed by atoms with Crippen LogP contribution >= 0.6 is 11.6 Å². The highest BCUT2D eigenvalue weighted by Crippen LogP contribution is 2.05. The van der Waals surface area contributed by atoms with Crippen molar-refractivity contribution < 1.29 is 2.82 Å².